The summed E-state index contributed by atoms with van der Waals surface area (Å²) < 4.78 is 0. The van der Waals surface area contributed by atoms with Gasteiger partial charge in [-0.05, 0) is 30.9 Å². The van der Waals surface area contributed by atoms with Crippen molar-refractivity contribution in [2.24, 2.45) is 5.92 Å². The van der Waals surface area contributed by atoms with Gasteiger partial charge >= 0.3 is 0 Å². The minimum Gasteiger partial charge on any atom is -0.397 e. The molecule has 0 bridgehead atoms. The van der Waals surface area contributed by atoms with Gasteiger partial charge in [0, 0.05) is 32.7 Å². The topological polar surface area (TPSA) is 32.5 Å². The van der Waals surface area contributed by atoms with Crippen molar-refractivity contribution >= 4 is 23.0 Å². The van der Waals surface area contributed by atoms with Gasteiger partial charge in [0.05, 0.1) is 16.4 Å². The van der Waals surface area contributed by atoms with E-state index >= 15 is 0 Å². The average molecular weight is 266 g/mol. The molecule has 1 aliphatic carbocycles. The van der Waals surface area contributed by atoms with Gasteiger partial charge in [-0.2, -0.15) is 0 Å². The molecule has 2 fully saturated rings. The Morgan fingerprint density at radius 3 is 2.50 bits per heavy atom. The lowest BCUT2D eigenvalue weighted by Crippen LogP contribution is -2.47. The van der Waals surface area contributed by atoms with E-state index in [-0.39, 0.29) is 0 Å². The van der Waals surface area contributed by atoms with E-state index in [9.17, 15) is 0 Å². The van der Waals surface area contributed by atoms with Crippen LogP contribution in [0.25, 0.3) is 0 Å². The van der Waals surface area contributed by atoms with Gasteiger partial charge in [0.2, 0.25) is 0 Å². The number of nitrogens with zero attached hydrogens (tertiary/aromatic N) is 2. The first-order valence-corrected chi connectivity index (χ1v) is 7.13. The lowest BCUT2D eigenvalue weighted by molar-refractivity contribution is 0.248. The lowest BCUT2D eigenvalue weighted by atomic mass is 10.2. The Morgan fingerprint density at radius 2 is 1.89 bits per heavy atom. The van der Waals surface area contributed by atoms with Gasteiger partial charge in [-0.3, -0.25) is 4.90 Å². The second kappa shape index (κ2) is 4.98. The highest BCUT2D eigenvalue weighted by atomic mass is 35.5. The summed E-state index contributed by atoms with van der Waals surface area (Å²) in [5.74, 6) is 0.974. The van der Waals surface area contributed by atoms with Crippen molar-refractivity contribution in [1.82, 2.24) is 4.90 Å². The number of halogens is 1. The Bertz CT molecular complexity index is 403. The zero-order valence-corrected chi connectivity index (χ0v) is 11.4. The summed E-state index contributed by atoms with van der Waals surface area (Å²) in [6.07, 6.45) is 2.86. The minimum absolute atomic E-state index is 0.769. The summed E-state index contributed by atoms with van der Waals surface area (Å²) >= 11 is 6.26. The predicted molar refractivity (Wildman–Crippen MR) is 77.2 cm³/mol. The standard InChI is InChI=1S/C14H20ClN3/c15-12-2-1-3-13(16)14(12)18-8-6-17(7-9-18)10-11-4-5-11/h1-3,11H,4-10,16H2. The second-order valence-electron chi connectivity index (χ2n) is 5.41. The van der Waals surface area contributed by atoms with E-state index in [1.54, 1.807) is 0 Å². The van der Waals surface area contributed by atoms with E-state index in [4.69, 9.17) is 17.3 Å². The van der Waals surface area contributed by atoms with Crippen molar-refractivity contribution in [3.8, 4) is 0 Å². The maximum Gasteiger partial charge on any atom is 0.0790 e. The SMILES string of the molecule is Nc1cccc(Cl)c1N1CCN(CC2CC2)CC1. The molecule has 2 N–H and O–H groups in total. The number of anilines is 2. The Morgan fingerprint density at radius 1 is 1.17 bits per heavy atom. The number of nitrogen functional groups attached to an aromatic ring is 1. The summed E-state index contributed by atoms with van der Waals surface area (Å²) in [6, 6.07) is 5.76. The maximum atomic E-state index is 6.26. The van der Waals surface area contributed by atoms with Crippen LogP contribution >= 0.6 is 11.6 Å². The van der Waals surface area contributed by atoms with E-state index < -0.39 is 0 Å². The molecule has 1 aromatic carbocycles. The van der Waals surface area contributed by atoms with Crippen molar-refractivity contribution < 1.29 is 0 Å². The van der Waals surface area contributed by atoms with E-state index in [0.29, 0.717) is 0 Å². The molecule has 1 aliphatic heterocycles. The molecule has 18 heavy (non-hydrogen) atoms. The van der Waals surface area contributed by atoms with Gasteiger partial charge in [0.1, 0.15) is 0 Å². The van der Waals surface area contributed by atoms with Crippen LogP contribution in [0.3, 0.4) is 0 Å². The normalized spacial score (nSPS) is 21.3. The predicted octanol–water partition coefficient (Wildman–Crippen LogP) is 2.45. The third-order valence-corrected chi connectivity index (χ3v) is 4.22. The molecule has 0 atom stereocenters. The Labute approximate surface area is 114 Å². The van der Waals surface area contributed by atoms with Crippen LogP contribution in [0.15, 0.2) is 18.2 Å². The molecule has 1 saturated carbocycles. The number of rotatable bonds is 3. The Balaban J connectivity index is 1.64. The molecule has 98 valence electrons. The number of nitrogens with two attached hydrogens (primary N) is 1. The first kappa shape index (κ1) is 12.1. The molecule has 4 heteroatoms. The first-order valence-electron chi connectivity index (χ1n) is 6.75. The molecular formula is C14H20ClN3. The van der Waals surface area contributed by atoms with Gasteiger partial charge < -0.3 is 10.6 Å². The summed E-state index contributed by atoms with van der Waals surface area (Å²) in [5.41, 5.74) is 7.85. The third-order valence-electron chi connectivity index (χ3n) is 3.92. The van der Waals surface area contributed by atoms with Crippen molar-refractivity contribution in [1.29, 1.82) is 0 Å². The maximum absolute atomic E-state index is 6.26. The molecule has 1 heterocycles. The molecule has 1 saturated heterocycles. The monoisotopic (exact) mass is 265 g/mol. The molecule has 2 aliphatic rings. The molecule has 1 aromatic rings. The largest absolute Gasteiger partial charge is 0.397 e. The summed E-state index contributed by atoms with van der Waals surface area (Å²) in [6.45, 7) is 5.59. The van der Waals surface area contributed by atoms with E-state index in [0.717, 1.165) is 48.5 Å². The smallest absolute Gasteiger partial charge is 0.0790 e. The highest BCUT2D eigenvalue weighted by Crippen LogP contribution is 2.33. The quantitative estimate of drug-likeness (QED) is 0.852. The van der Waals surface area contributed by atoms with Crippen LogP contribution in [0.4, 0.5) is 11.4 Å². The number of piperazine rings is 1. The van der Waals surface area contributed by atoms with E-state index in [1.165, 1.54) is 19.4 Å². The fraction of sp³-hybridized carbons (Fsp3) is 0.571. The van der Waals surface area contributed by atoms with Gasteiger partial charge in [-0.25, -0.2) is 0 Å². The van der Waals surface area contributed by atoms with Crippen LogP contribution in [-0.2, 0) is 0 Å². The lowest BCUT2D eigenvalue weighted by Gasteiger charge is -2.37. The van der Waals surface area contributed by atoms with Crippen LogP contribution in [0.5, 0.6) is 0 Å². The van der Waals surface area contributed by atoms with Gasteiger partial charge in [-0.15, -0.1) is 0 Å². The van der Waals surface area contributed by atoms with Gasteiger partial charge in [0.25, 0.3) is 0 Å². The number of hydrogen-bond donors (Lipinski definition) is 1. The Hall–Kier alpha value is -0.930. The number of benzene rings is 1. The molecule has 0 radical (unpaired) electrons. The summed E-state index contributed by atoms with van der Waals surface area (Å²) in [4.78, 5) is 4.89. The van der Waals surface area contributed by atoms with Gasteiger partial charge in [-0.1, -0.05) is 17.7 Å². The van der Waals surface area contributed by atoms with Crippen molar-refractivity contribution in [3.05, 3.63) is 23.2 Å². The molecule has 0 amide bonds. The van der Waals surface area contributed by atoms with Crippen LogP contribution in [0.1, 0.15) is 12.8 Å². The highest BCUT2D eigenvalue weighted by molar-refractivity contribution is 6.34. The number of hydrogen-bond acceptors (Lipinski definition) is 3. The zero-order chi connectivity index (χ0) is 12.5. The highest BCUT2D eigenvalue weighted by Gasteiger charge is 2.27. The van der Waals surface area contributed by atoms with E-state index in [1.807, 2.05) is 18.2 Å². The summed E-state index contributed by atoms with van der Waals surface area (Å²) in [7, 11) is 0. The molecular weight excluding hydrogens is 246 g/mol. The third kappa shape index (κ3) is 2.57. The molecule has 0 aromatic heterocycles. The van der Waals surface area contributed by atoms with Crippen LogP contribution in [0, 0.1) is 5.92 Å². The summed E-state index contributed by atoms with van der Waals surface area (Å²) in [5, 5.41) is 0.769. The minimum atomic E-state index is 0.769. The van der Waals surface area contributed by atoms with Crippen molar-refractivity contribution in [2.75, 3.05) is 43.4 Å². The fourth-order valence-electron chi connectivity index (χ4n) is 2.69. The number of para-hydroxylation sites is 1. The molecule has 0 unspecified atom stereocenters. The van der Waals surface area contributed by atoms with E-state index in [2.05, 4.69) is 9.80 Å². The zero-order valence-electron chi connectivity index (χ0n) is 10.6. The van der Waals surface area contributed by atoms with Crippen molar-refractivity contribution in [3.63, 3.8) is 0 Å². The molecule has 0 spiro atoms. The van der Waals surface area contributed by atoms with Crippen LogP contribution in [-0.4, -0.2) is 37.6 Å². The van der Waals surface area contributed by atoms with Crippen LogP contribution in [0.2, 0.25) is 5.02 Å². The van der Waals surface area contributed by atoms with Gasteiger partial charge in [0.15, 0.2) is 0 Å². The van der Waals surface area contributed by atoms with Crippen LogP contribution < -0.4 is 10.6 Å². The molecule has 3 nitrogen and oxygen atoms in total. The average Bonchev–Trinajstić information content (AvgIpc) is 3.15. The fourth-order valence-corrected chi connectivity index (χ4v) is 2.99. The second-order valence-corrected chi connectivity index (χ2v) is 5.82. The molecule has 3 rings (SSSR count). The first-order chi connectivity index (χ1) is 8.74. The Kier molecular flexibility index (Phi) is 3.35. The van der Waals surface area contributed by atoms with Crippen molar-refractivity contribution in [2.45, 2.75) is 12.8 Å².